The maximum Gasteiger partial charge on any atom is 0.0320 e. The Labute approximate surface area is 123 Å². The molecule has 0 fully saturated rings. The number of hydrogen-bond acceptors (Lipinski definition) is 1. The lowest BCUT2D eigenvalue weighted by Gasteiger charge is -2.18. The van der Waals surface area contributed by atoms with Crippen LogP contribution in [0.15, 0.2) is 42.5 Å². The van der Waals surface area contributed by atoms with E-state index in [-0.39, 0.29) is 0 Å². The van der Waals surface area contributed by atoms with Gasteiger partial charge in [0.25, 0.3) is 0 Å². The van der Waals surface area contributed by atoms with Crippen LogP contribution in [0.2, 0.25) is 0 Å². The molecule has 1 nitrogen and oxygen atoms in total. The van der Waals surface area contributed by atoms with Crippen LogP contribution >= 0.6 is 0 Å². The van der Waals surface area contributed by atoms with Gasteiger partial charge in [-0.2, -0.15) is 0 Å². The predicted molar refractivity (Wildman–Crippen MR) is 87.2 cm³/mol. The van der Waals surface area contributed by atoms with E-state index >= 15 is 0 Å². The molecule has 0 amide bonds. The summed E-state index contributed by atoms with van der Waals surface area (Å²) in [5.74, 6) is 0. The van der Waals surface area contributed by atoms with E-state index in [1.54, 1.807) is 0 Å². The average molecular weight is 267 g/mol. The summed E-state index contributed by atoms with van der Waals surface area (Å²) in [6.07, 6.45) is 2.25. The Morgan fingerprint density at radius 3 is 2.20 bits per heavy atom. The zero-order valence-electron chi connectivity index (χ0n) is 13.0. The van der Waals surface area contributed by atoms with Crippen molar-refractivity contribution in [1.29, 1.82) is 0 Å². The number of nitrogens with one attached hydrogen (secondary N) is 1. The van der Waals surface area contributed by atoms with Gasteiger partial charge in [-0.1, -0.05) is 53.6 Å². The second-order valence-electron chi connectivity index (χ2n) is 5.73. The fourth-order valence-electron chi connectivity index (χ4n) is 2.88. The highest BCUT2D eigenvalue weighted by atomic mass is 14.9. The van der Waals surface area contributed by atoms with Crippen LogP contribution in [0.3, 0.4) is 0 Å². The molecule has 0 saturated carbocycles. The SMILES string of the molecule is CNC(CCc1ccccc1C)c1cc(C)cc(C)c1. The van der Waals surface area contributed by atoms with Crippen molar-refractivity contribution >= 4 is 0 Å². The van der Waals surface area contributed by atoms with Crippen molar-refractivity contribution in [2.45, 2.75) is 39.7 Å². The standard InChI is InChI=1S/C19H25N/c1-14-11-15(2)13-18(12-14)19(20-4)10-9-17-8-6-5-7-16(17)3/h5-8,11-13,19-20H,9-10H2,1-4H3. The van der Waals surface area contributed by atoms with Crippen LogP contribution in [0, 0.1) is 20.8 Å². The first-order valence-electron chi connectivity index (χ1n) is 7.40. The van der Waals surface area contributed by atoms with E-state index in [2.05, 4.69) is 75.6 Å². The Kier molecular flexibility index (Phi) is 4.97. The lowest BCUT2D eigenvalue weighted by atomic mass is 9.95. The molecule has 106 valence electrons. The number of aryl methyl sites for hydroxylation is 4. The maximum atomic E-state index is 3.46. The normalized spacial score (nSPS) is 12.4. The van der Waals surface area contributed by atoms with Gasteiger partial charge in [0.05, 0.1) is 0 Å². The summed E-state index contributed by atoms with van der Waals surface area (Å²) in [4.78, 5) is 0. The molecule has 0 spiro atoms. The zero-order valence-corrected chi connectivity index (χ0v) is 13.0. The highest BCUT2D eigenvalue weighted by Gasteiger charge is 2.10. The van der Waals surface area contributed by atoms with Crippen molar-refractivity contribution in [2.75, 3.05) is 7.05 Å². The molecule has 0 aromatic heterocycles. The summed E-state index contributed by atoms with van der Waals surface area (Å²) in [6, 6.07) is 15.9. The zero-order chi connectivity index (χ0) is 14.5. The van der Waals surface area contributed by atoms with Gasteiger partial charge in [0.15, 0.2) is 0 Å². The quantitative estimate of drug-likeness (QED) is 0.840. The molecule has 2 aromatic rings. The molecule has 0 aliphatic heterocycles. The van der Waals surface area contributed by atoms with Gasteiger partial charge in [-0.05, 0) is 57.4 Å². The van der Waals surface area contributed by atoms with E-state index in [1.807, 2.05) is 0 Å². The molecule has 2 aromatic carbocycles. The molecule has 1 atom stereocenters. The number of rotatable bonds is 5. The second-order valence-corrected chi connectivity index (χ2v) is 5.73. The molecule has 2 rings (SSSR count). The van der Waals surface area contributed by atoms with E-state index in [0.29, 0.717) is 6.04 Å². The highest BCUT2D eigenvalue weighted by molar-refractivity contribution is 5.31. The minimum atomic E-state index is 0.424. The fourth-order valence-corrected chi connectivity index (χ4v) is 2.88. The van der Waals surface area contributed by atoms with Crippen LogP contribution in [-0.2, 0) is 6.42 Å². The summed E-state index contributed by atoms with van der Waals surface area (Å²) in [6.45, 7) is 6.54. The molecular weight excluding hydrogens is 242 g/mol. The van der Waals surface area contributed by atoms with Gasteiger partial charge in [0, 0.05) is 6.04 Å². The molecular formula is C19H25N. The van der Waals surface area contributed by atoms with Gasteiger partial charge in [-0.3, -0.25) is 0 Å². The van der Waals surface area contributed by atoms with E-state index in [1.165, 1.54) is 27.8 Å². The minimum Gasteiger partial charge on any atom is -0.313 e. The summed E-state index contributed by atoms with van der Waals surface area (Å²) in [7, 11) is 2.06. The highest BCUT2D eigenvalue weighted by Crippen LogP contribution is 2.22. The first kappa shape index (κ1) is 14.8. The van der Waals surface area contributed by atoms with Crippen molar-refractivity contribution < 1.29 is 0 Å². The Hall–Kier alpha value is -1.60. The molecule has 0 aliphatic carbocycles. The third-order valence-corrected chi connectivity index (χ3v) is 3.96. The van der Waals surface area contributed by atoms with E-state index in [4.69, 9.17) is 0 Å². The van der Waals surface area contributed by atoms with E-state index < -0.39 is 0 Å². The van der Waals surface area contributed by atoms with Crippen molar-refractivity contribution in [3.8, 4) is 0 Å². The molecule has 1 heteroatoms. The lowest BCUT2D eigenvalue weighted by molar-refractivity contribution is 0.548. The van der Waals surface area contributed by atoms with Gasteiger partial charge < -0.3 is 5.32 Å². The second kappa shape index (κ2) is 6.71. The minimum absolute atomic E-state index is 0.424. The third kappa shape index (κ3) is 3.71. The molecule has 1 N–H and O–H groups in total. The van der Waals surface area contributed by atoms with Crippen LogP contribution < -0.4 is 5.32 Å². The summed E-state index contributed by atoms with van der Waals surface area (Å²) < 4.78 is 0. The Morgan fingerprint density at radius 2 is 1.60 bits per heavy atom. The first-order valence-corrected chi connectivity index (χ1v) is 7.40. The maximum absolute atomic E-state index is 3.46. The Balaban J connectivity index is 2.11. The van der Waals surface area contributed by atoms with Crippen LogP contribution in [-0.4, -0.2) is 7.05 Å². The summed E-state index contributed by atoms with van der Waals surface area (Å²) >= 11 is 0. The van der Waals surface area contributed by atoms with E-state index in [9.17, 15) is 0 Å². The molecule has 0 aliphatic rings. The molecule has 1 unspecified atom stereocenters. The molecule has 20 heavy (non-hydrogen) atoms. The average Bonchev–Trinajstić information content (AvgIpc) is 2.40. The third-order valence-electron chi connectivity index (χ3n) is 3.96. The van der Waals surface area contributed by atoms with Gasteiger partial charge in [0.1, 0.15) is 0 Å². The van der Waals surface area contributed by atoms with Crippen LogP contribution in [0.5, 0.6) is 0 Å². The van der Waals surface area contributed by atoms with Crippen molar-refractivity contribution in [1.82, 2.24) is 5.32 Å². The summed E-state index contributed by atoms with van der Waals surface area (Å²) in [5.41, 5.74) is 6.94. The monoisotopic (exact) mass is 267 g/mol. The summed E-state index contributed by atoms with van der Waals surface area (Å²) in [5, 5.41) is 3.46. The van der Waals surface area contributed by atoms with E-state index in [0.717, 1.165) is 12.8 Å². The largest absolute Gasteiger partial charge is 0.313 e. The Bertz CT molecular complexity index is 551. The molecule has 0 radical (unpaired) electrons. The van der Waals surface area contributed by atoms with Crippen LogP contribution in [0.25, 0.3) is 0 Å². The van der Waals surface area contributed by atoms with Gasteiger partial charge in [-0.25, -0.2) is 0 Å². The van der Waals surface area contributed by atoms with Crippen LogP contribution in [0.1, 0.15) is 40.3 Å². The molecule has 0 bridgehead atoms. The van der Waals surface area contributed by atoms with Crippen molar-refractivity contribution in [3.05, 3.63) is 70.3 Å². The Morgan fingerprint density at radius 1 is 0.950 bits per heavy atom. The first-order chi connectivity index (χ1) is 9.60. The molecule has 0 saturated heterocycles. The topological polar surface area (TPSA) is 12.0 Å². The fraction of sp³-hybridized carbons (Fsp3) is 0.368. The lowest BCUT2D eigenvalue weighted by Crippen LogP contribution is -2.17. The number of benzene rings is 2. The van der Waals surface area contributed by atoms with Crippen molar-refractivity contribution in [3.63, 3.8) is 0 Å². The molecule has 0 heterocycles. The number of hydrogen-bond donors (Lipinski definition) is 1. The predicted octanol–water partition coefficient (Wildman–Crippen LogP) is 4.51. The van der Waals surface area contributed by atoms with Crippen molar-refractivity contribution in [2.24, 2.45) is 0 Å². The van der Waals surface area contributed by atoms with Gasteiger partial charge in [-0.15, -0.1) is 0 Å². The van der Waals surface area contributed by atoms with Crippen LogP contribution in [0.4, 0.5) is 0 Å². The smallest absolute Gasteiger partial charge is 0.0320 e. The van der Waals surface area contributed by atoms with Gasteiger partial charge in [0.2, 0.25) is 0 Å². The van der Waals surface area contributed by atoms with Gasteiger partial charge >= 0.3 is 0 Å².